The molecule has 0 saturated heterocycles. The molecule has 0 fully saturated rings. The maximum absolute atomic E-state index is 11.1. The third-order valence-electron chi connectivity index (χ3n) is 2.51. The Bertz CT molecular complexity index is 698. The molecular weight excluding hydrogens is 350 g/mol. The smallest absolute Gasteiger partial charge is 0.249 e. The summed E-state index contributed by atoms with van der Waals surface area (Å²) in [5, 5.41) is 8.65. The molecule has 0 aliphatic rings. The molecule has 1 aromatic heterocycles. The number of nitrogens with zero attached hydrogens (tertiary/aromatic N) is 1. The van der Waals surface area contributed by atoms with Gasteiger partial charge in [-0.25, -0.2) is 18.5 Å². The van der Waals surface area contributed by atoms with Gasteiger partial charge in [0.05, 0.1) is 6.20 Å². The van der Waals surface area contributed by atoms with Crippen LogP contribution in [0, 0.1) is 6.92 Å². The molecule has 1 aromatic carbocycles. The number of primary sulfonamides is 1. The zero-order valence-electron chi connectivity index (χ0n) is 10.1. The van der Waals surface area contributed by atoms with Gasteiger partial charge >= 0.3 is 0 Å². The Hall–Kier alpha value is -0.960. The van der Waals surface area contributed by atoms with Gasteiger partial charge in [-0.2, -0.15) is 0 Å². The molecule has 0 unspecified atom stereocenters. The van der Waals surface area contributed by atoms with Crippen molar-refractivity contribution in [2.45, 2.75) is 17.7 Å². The predicted molar refractivity (Wildman–Crippen MR) is 79.7 cm³/mol. The lowest BCUT2D eigenvalue weighted by molar-refractivity contribution is 0.599. The van der Waals surface area contributed by atoms with Gasteiger partial charge in [0.2, 0.25) is 10.0 Å². The first-order valence-electron chi connectivity index (χ1n) is 5.34. The summed E-state index contributed by atoms with van der Waals surface area (Å²) in [7, 11) is -3.67. The van der Waals surface area contributed by atoms with Crippen molar-refractivity contribution in [2.75, 3.05) is 5.32 Å². The predicted octanol–water partition coefficient (Wildman–Crippen LogP) is 2.47. The van der Waals surface area contributed by atoms with Gasteiger partial charge in [0.1, 0.15) is 0 Å². The number of hydrogen-bond donors (Lipinski definition) is 2. The summed E-state index contributed by atoms with van der Waals surface area (Å²) in [6.45, 7) is 2.59. The van der Waals surface area contributed by atoms with E-state index in [9.17, 15) is 8.42 Å². The molecule has 0 radical (unpaired) electrons. The number of thiazole rings is 1. The van der Waals surface area contributed by atoms with Crippen molar-refractivity contribution in [2.24, 2.45) is 5.14 Å². The number of halogens is 1. The highest BCUT2D eigenvalue weighted by Crippen LogP contribution is 2.23. The first-order chi connectivity index (χ1) is 8.86. The number of hydrogen-bond acceptors (Lipinski definition) is 5. The van der Waals surface area contributed by atoms with E-state index in [0.29, 0.717) is 11.7 Å². The van der Waals surface area contributed by atoms with Gasteiger partial charge in [0.15, 0.2) is 9.34 Å². The summed E-state index contributed by atoms with van der Waals surface area (Å²) in [5.74, 6) is 0. The highest BCUT2D eigenvalue weighted by Gasteiger charge is 2.12. The lowest BCUT2D eigenvalue weighted by Crippen LogP contribution is -2.09. The van der Waals surface area contributed by atoms with Crippen molar-refractivity contribution in [3.05, 3.63) is 40.0 Å². The summed E-state index contributed by atoms with van der Waals surface area (Å²) < 4.78 is 23.3. The van der Waals surface area contributed by atoms with Gasteiger partial charge in [0, 0.05) is 11.0 Å². The van der Waals surface area contributed by atoms with Crippen LogP contribution < -0.4 is 10.5 Å². The molecule has 3 N–H and O–H groups in total. The van der Waals surface area contributed by atoms with Gasteiger partial charge < -0.3 is 5.32 Å². The number of nitrogens with two attached hydrogens (primary N) is 1. The van der Waals surface area contributed by atoms with Crippen molar-refractivity contribution in [3.8, 4) is 0 Å². The second-order valence-corrected chi connectivity index (χ2v) is 7.69. The third-order valence-corrected chi connectivity index (χ3v) is 5.36. The molecular formula is C11H12BrN3O2S2. The third kappa shape index (κ3) is 3.75. The Balaban J connectivity index is 2.11. The Labute approximate surface area is 124 Å². The standard InChI is InChI=1S/C11H12BrN3O2S2/c1-7-2-3-9(12)4-8(7)5-14-11-15-6-10(18-11)19(13,16)17/h2-4,6H,5H2,1H3,(H,14,15)(H2,13,16,17). The second-order valence-electron chi connectivity index (χ2n) is 3.95. The average molecular weight is 362 g/mol. The number of anilines is 1. The van der Waals surface area contributed by atoms with E-state index in [1.165, 1.54) is 6.20 Å². The minimum absolute atomic E-state index is 0.0564. The van der Waals surface area contributed by atoms with E-state index in [0.717, 1.165) is 26.9 Å². The van der Waals surface area contributed by atoms with Crippen molar-refractivity contribution < 1.29 is 8.42 Å². The van der Waals surface area contributed by atoms with Crippen LogP contribution in [0.15, 0.2) is 33.1 Å². The summed E-state index contributed by atoms with van der Waals surface area (Å²) in [6.07, 6.45) is 1.26. The van der Waals surface area contributed by atoms with Crippen LogP contribution in [-0.2, 0) is 16.6 Å². The molecule has 8 heteroatoms. The number of nitrogens with one attached hydrogen (secondary N) is 1. The number of benzene rings is 1. The lowest BCUT2D eigenvalue weighted by atomic mass is 10.1. The molecule has 1 heterocycles. The van der Waals surface area contributed by atoms with E-state index in [1.54, 1.807) is 0 Å². The van der Waals surface area contributed by atoms with Crippen LogP contribution in [0.4, 0.5) is 5.13 Å². The minimum Gasteiger partial charge on any atom is -0.357 e. The highest BCUT2D eigenvalue weighted by atomic mass is 79.9. The highest BCUT2D eigenvalue weighted by molar-refractivity contribution is 9.10. The van der Waals surface area contributed by atoms with Gasteiger partial charge in [-0.05, 0) is 30.2 Å². The first-order valence-corrected chi connectivity index (χ1v) is 8.49. The van der Waals surface area contributed by atoms with E-state index >= 15 is 0 Å². The molecule has 0 atom stereocenters. The van der Waals surface area contributed by atoms with Crippen LogP contribution in [0.5, 0.6) is 0 Å². The van der Waals surface area contributed by atoms with Crippen LogP contribution in [-0.4, -0.2) is 13.4 Å². The van der Waals surface area contributed by atoms with Crippen LogP contribution in [0.25, 0.3) is 0 Å². The Morgan fingerprint density at radius 2 is 2.21 bits per heavy atom. The lowest BCUT2D eigenvalue weighted by Gasteiger charge is -2.07. The van der Waals surface area contributed by atoms with Crippen molar-refractivity contribution in [1.29, 1.82) is 0 Å². The molecule has 0 bridgehead atoms. The fourth-order valence-corrected chi connectivity index (χ4v) is 3.33. The molecule has 2 rings (SSSR count). The summed E-state index contributed by atoms with van der Waals surface area (Å²) >= 11 is 4.44. The quantitative estimate of drug-likeness (QED) is 0.875. The number of rotatable bonds is 4. The molecule has 19 heavy (non-hydrogen) atoms. The largest absolute Gasteiger partial charge is 0.357 e. The number of aryl methyl sites for hydroxylation is 1. The van der Waals surface area contributed by atoms with Crippen molar-refractivity contribution in [3.63, 3.8) is 0 Å². The van der Waals surface area contributed by atoms with Crippen LogP contribution in [0.1, 0.15) is 11.1 Å². The minimum atomic E-state index is -3.67. The topological polar surface area (TPSA) is 85.1 Å². The van der Waals surface area contributed by atoms with E-state index in [4.69, 9.17) is 5.14 Å². The van der Waals surface area contributed by atoms with E-state index in [-0.39, 0.29) is 4.21 Å². The van der Waals surface area contributed by atoms with Crippen LogP contribution in [0.3, 0.4) is 0 Å². The number of aromatic nitrogens is 1. The Kier molecular flexibility index (Phi) is 4.24. The molecule has 0 saturated carbocycles. The van der Waals surface area contributed by atoms with Gasteiger partial charge in [0.25, 0.3) is 0 Å². The van der Waals surface area contributed by atoms with Gasteiger partial charge in [-0.1, -0.05) is 33.3 Å². The maximum atomic E-state index is 11.1. The maximum Gasteiger partial charge on any atom is 0.249 e. The molecule has 0 spiro atoms. The first kappa shape index (κ1) is 14.4. The summed E-state index contributed by atoms with van der Waals surface area (Å²) in [4.78, 5) is 3.99. The second kappa shape index (κ2) is 5.58. The fraction of sp³-hybridized carbons (Fsp3) is 0.182. The van der Waals surface area contributed by atoms with E-state index in [2.05, 4.69) is 26.2 Å². The molecule has 0 aliphatic carbocycles. The zero-order chi connectivity index (χ0) is 14.0. The normalized spacial score (nSPS) is 11.5. The van der Waals surface area contributed by atoms with E-state index in [1.807, 2.05) is 25.1 Å². The summed E-state index contributed by atoms with van der Waals surface area (Å²) in [5.41, 5.74) is 2.26. The fourth-order valence-electron chi connectivity index (χ4n) is 1.47. The Morgan fingerprint density at radius 3 is 2.84 bits per heavy atom. The molecule has 102 valence electrons. The van der Waals surface area contributed by atoms with Gasteiger partial charge in [-0.3, -0.25) is 0 Å². The zero-order valence-corrected chi connectivity index (χ0v) is 13.3. The van der Waals surface area contributed by atoms with Crippen LogP contribution in [0.2, 0.25) is 0 Å². The monoisotopic (exact) mass is 361 g/mol. The number of sulfonamides is 1. The van der Waals surface area contributed by atoms with E-state index < -0.39 is 10.0 Å². The average Bonchev–Trinajstić information content (AvgIpc) is 2.79. The Morgan fingerprint density at radius 1 is 1.47 bits per heavy atom. The van der Waals surface area contributed by atoms with Crippen molar-refractivity contribution >= 4 is 42.4 Å². The van der Waals surface area contributed by atoms with Crippen LogP contribution >= 0.6 is 27.3 Å². The molecule has 5 nitrogen and oxygen atoms in total. The summed E-state index contributed by atoms with van der Waals surface area (Å²) in [6, 6.07) is 6.00. The van der Waals surface area contributed by atoms with Crippen molar-refractivity contribution in [1.82, 2.24) is 4.98 Å². The SMILES string of the molecule is Cc1ccc(Br)cc1CNc1ncc(S(N)(=O)=O)s1. The molecule has 0 amide bonds. The van der Waals surface area contributed by atoms with Gasteiger partial charge in [-0.15, -0.1) is 0 Å². The molecule has 2 aromatic rings. The molecule has 0 aliphatic heterocycles.